The number of fused-ring (bicyclic) bond motifs is 1. The molecule has 2 unspecified atom stereocenters. The number of benzene rings is 1. The van der Waals surface area contributed by atoms with Gasteiger partial charge in [-0.15, -0.1) is 11.3 Å². The van der Waals surface area contributed by atoms with E-state index in [9.17, 15) is 9.90 Å². The van der Waals surface area contributed by atoms with Gasteiger partial charge in [-0.1, -0.05) is 12.1 Å². The van der Waals surface area contributed by atoms with Gasteiger partial charge in [-0.25, -0.2) is 0 Å². The van der Waals surface area contributed by atoms with Crippen molar-refractivity contribution in [2.45, 2.75) is 19.1 Å². The van der Waals surface area contributed by atoms with Crippen molar-refractivity contribution in [3.8, 4) is 0 Å². The molecule has 2 atom stereocenters. The summed E-state index contributed by atoms with van der Waals surface area (Å²) >= 11 is 1.73. The van der Waals surface area contributed by atoms with Gasteiger partial charge in [-0.3, -0.25) is 4.79 Å². The Kier molecular flexibility index (Phi) is 3.47. The lowest BCUT2D eigenvalue weighted by atomic mass is 10.1. The Morgan fingerprint density at radius 1 is 1.38 bits per heavy atom. The van der Waals surface area contributed by atoms with Gasteiger partial charge in [-0.05, 0) is 30.5 Å². The molecular formula is C16H18N2O2S. The van der Waals surface area contributed by atoms with Crippen LogP contribution in [0.4, 0.5) is 11.4 Å². The van der Waals surface area contributed by atoms with E-state index in [-0.39, 0.29) is 11.9 Å². The summed E-state index contributed by atoms with van der Waals surface area (Å²) < 4.78 is 0. The molecule has 1 N–H and O–H groups in total. The molecule has 0 saturated heterocycles. The predicted octanol–water partition coefficient (Wildman–Crippen LogP) is 2.96. The van der Waals surface area contributed by atoms with E-state index in [1.165, 1.54) is 9.78 Å². The first-order valence-electron chi connectivity index (χ1n) is 6.86. The predicted molar refractivity (Wildman–Crippen MR) is 85.9 cm³/mol. The Bertz CT molecular complexity index is 669. The van der Waals surface area contributed by atoms with E-state index in [1.54, 1.807) is 18.4 Å². The van der Waals surface area contributed by atoms with Crippen LogP contribution >= 0.6 is 11.3 Å². The van der Waals surface area contributed by atoms with Gasteiger partial charge in [0.1, 0.15) is 0 Å². The lowest BCUT2D eigenvalue weighted by Gasteiger charge is -2.27. The maximum atomic E-state index is 11.8. The summed E-state index contributed by atoms with van der Waals surface area (Å²) in [7, 11) is 3.74. The second-order valence-corrected chi connectivity index (χ2v) is 6.32. The maximum absolute atomic E-state index is 11.8. The van der Waals surface area contributed by atoms with Crippen LogP contribution in [0.1, 0.15) is 29.5 Å². The molecule has 21 heavy (non-hydrogen) atoms. The van der Waals surface area contributed by atoms with Gasteiger partial charge < -0.3 is 14.9 Å². The first kappa shape index (κ1) is 14.1. The lowest BCUT2D eigenvalue weighted by molar-refractivity contribution is -0.125. The Labute approximate surface area is 128 Å². The summed E-state index contributed by atoms with van der Waals surface area (Å²) in [5, 5.41) is 12.0. The summed E-state index contributed by atoms with van der Waals surface area (Å²) in [4.78, 5) is 16.8. The first-order chi connectivity index (χ1) is 10.0. The minimum absolute atomic E-state index is 0.260. The lowest BCUT2D eigenvalue weighted by Crippen LogP contribution is -2.24. The van der Waals surface area contributed by atoms with Crippen LogP contribution in [0.25, 0.3) is 0 Å². The van der Waals surface area contributed by atoms with Crippen molar-refractivity contribution in [3.63, 3.8) is 0 Å². The van der Waals surface area contributed by atoms with Crippen molar-refractivity contribution in [2.75, 3.05) is 23.9 Å². The van der Waals surface area contributed by atoms with Crippen LogP contribution in [0.5, 0.6) is 0 Å². The van der Waals surface area contributed by atoms with Gasteiger partial charge >= 0.3 is 0 Å². The number of likely N-dealkylation sites (N-methyl/N-ethyl adjacent to an activating group) is 1. The van der Waals surface area contributed by atoms with Gasteiger partial charge in [0.05, 0.1) is 11.7 Å². The van der Waals surface area contributed by atoms with E-state index in [0.29, 0.717) is 5.56 Å². The van der Waals surface area contributed by atoms with E-state index in [0.717, 1.165) is 11.4 Å². The van der Waals surface area contributed by atoms with Gasteiger partial charge in [0.2, 0.25) is 0 Å². The van der Waals surface area contributed by atoms with E-state index in [2.05, 4.69) is 29.3 Å². The number of hydrogen-bond donors (Lipinski definition) is 1. The van der Waals surface area contributed by atoms with Crippen molar-refractivity contribution < 1.29 is 9.90 Å². The highest BCUT2D eigenvalue weighted by Gasteiger charge is 2.34. The Hall–Kier alpha value is -1.85. The average Bonchev–Trinajstić information content (AvgIpc) is 3.10. The first-order valence-corrected chi connectivity index (χ1v) is 7.74. The Morgan fingerprint density at radius 2 is 2.14 bits per heavy atom. The zero-order valence-corrected chi connectivity index (χ0v) is 13.1. The SMILES string of the molecule is CC(c1cccs1)N(C)c1ccc2c(c1)N(C)C(=O)C2O. The quantitative estimate of drug-likeness (QED) is 0.948. The molecule has 1 aromatic heterocycles. The van der Waals surface area contributed by atoms with Crippen LogP contribution in [0.2, 0.25) is 0 Å². The summed E-state index contributed by atoms with van der Waals surface area (Å²) in [6, 6.07) is 10.2. The normalized spacial score (nSPS) is 18.8. The fourth-order valence-corrected chi connectivity index (χ4v) is 3.48. The molecule has 5 heteroatoms. The minimum Gasteiger partial charge on any atom is -0.378 e. The van der Waals surface area contributed by atoms with Crippen LogP contribution < -0.4 is 9.80 Å². The molecule has 0 bridgehead atoms. The molecule has 4 nitrogen and oxygen atoms in total. The van der Waals surface area contributed by atoms with Gasteiger partial charge in [-0.2, -0.15) is 0 Å². The fourth-order valence-electron chi connectivity index (χ4n) is 2.65. The second-order valence-electron chi connectivity index (χ2n) is 5.35. The highest BCUT2D eigenvalue weighted by Crippen LogP contribution is 2.38. The molecule has 0 radical (unpaired) electrons. The van der Waals surface area contributed by atoms with Crippen LogP contribution in [0, 0.1) is 0 Å². The summed E-state index contributed by atoms with van der Waals surface area (Å²) in [6.07, 6.45) is -1.03. The summed E-state index contributed by atoms with van der Waals surface area (Å²) in [5.41, 5.74) is 2.50. The Balaban J connectivity index is 1.93. The van der Waals surface area contributed by atoms with Crippen molar-refractivity contribution in [2.24, 2.45) is 0 Å². The number of carbonyl (C=O) groups excluding carboxylic acids is 1. The molecule has 1 aliphatic rings. The number of hydrogen-bond acceptors (Lipinski definition) is 4. The number of nitrogens with zero attached hydrogens (tertiary/aromatic N) is 2. The van der Waals surface area contributed by atoms with Crippen molar-refractivity contribution in [1.82, 2.24) is 0 Å². The third-order valence-electron chi connectivity index (χ3n) is 4.18. The number of aliphatic hydroxyl groups excluding tert-OH is 1. The van der Waals surface area contributed by atoms with Crippen LogP contribution in [0.3, 0.4) is 0 Å². The summed E-state index contributed by atoms with van der Waals surface area (Å²) in [5.74, 6) is -0.267. The van der Waals surface area contributed by atoms with Gasteiger partial charge in [0, 0.05) is 30.2 Å². The largest absolute Gasteiger partial charge is 0.378 e. The third-order valence-corrected chi connectivity index (χ3v) is 5.22. The number of carbonyl (C=O) groups is 1. The number of amides is 1. The minimum atomic E-state index is -1.03. The zero-order valence-electron chi connectivity index (χ0n) is 12.3. The number of anilines is 2. The van der Waals surface area contributed by atoms with Crippen LogP contribution in [-0.2, 0) is 4.79 Å². The molecule has 0 spiro atoms. The molecule has 1 aliphatic heterocycles. The molecule has 2 heterocycles. The average molecular weight is 302 g/mol. The maximum Gasteiger partial charge on any atom is 0.260 e. The van der Waals surface area contributed by atoms with Crippen LogP contribution in [0.15, 0.2) is 35.7 Å². The van der Waals surface area contributed by atoms with Gasteiger partial charge in [0.15, 0.2) is 6.10 Å². The molecule has 0 saturated carbocycles. The molecule has 3 rings (SSSR count). The van der Waals surface area contributed by atoms with Crippen LogP contribution in [-0.4, -0.2) is 25.1 Å². The highest BCUT2D eigenvalue weighted by atomic mass is 32.1. The van der Waals surface area contributed by atoms with E-state index in [4.69, 9.17) is 0 Å². The topological polar surface area (TPSA) is 43.8 Å². The van der Waals surface area contributed by atoms with Crippen molar-refractivity contribution >= 4 is 28.6 Å². The van der Waals surface area contributed by atoms with Crippen molar-refractivity contribution in [1.29, 1.82) is 0 Å². The standard InChI is InChI=1S/C16H18N2O2S/c1-10(14-5-4-8-21-14)17(2)11-6-7-12-13(9-11)18(3)16(20)15(12)19/h4-10,15,19H,1-3H3. The number of thiophene rings is 1. The smallest absolute Gasteiger partial charge is 0.260 e. The van der Waals surface area contributed by atoms with E-state index >= 15 is 0 Å². The molecule has 2 aromatic rings. The van der Waals surface area contributed by atoms with Crippen molar-refractivity contribution in [3.05, 3.63) is 46.2 Å². The van der Waals surface area contributed by atoms with E-state index in [1.807, 2.05) is 25.2 Å². The van der Waals surface area contributed by atoms with E-state index < -0.39 is 6.10 Å². The fraction of sp³-hybridized carbons (Fsp3) is 0.312. The molecule has 1 aromatic carbocycles. The molecule has 0 fully saturated rings. The monoisotopic (exact) mass is 302 g/mol. The van der Waals surface area contributed by atoms with Gasteiger partial charge in [0.25, 0.3) is 5.91 Å². The Morgan fingerprint density at radius 3 is 2.81 bits per heavy atom. The molecule has 0 aliphatic carbocycles. The zero-order chi connectivity index (χ0) is 15.1. The third kappa shape index (κ3) is 2.22. The second kappa shape index (κ2) is 5.16. The number of rotatable bonds is 3. The molecular weight excluding hydrogens is 284 g/mol. The molecule has 110 valence electrons. The summed E-state index contributed by atoms with van der Waals surface area (Å²) in [6.45, 7) is 2.16. The molecule has 1 amide bonds. The number of aliphatic hydroxyl groups is 1. The highest BCUT2D eigenvalue weighted by molar-refractivity contribution is 7.10.